The molecule has 2 N–H and O–H groups in total. The molecule has 0 aliphatic heterocycles. The minimum atomic E-state index is -0.135. The van der Waals surface area contributed by atoms with E-state index in [-0.39, 0.29) is 16.7 Å². The Morgan fingerprint density at radius 1 is 0.938 bits per heavy atom. The second-order valence-corrected chi connectivity index (χ2v) is 11.7. The van der Waals surface area contributed by atoms with Gasteiger partial charge in [-0.3, -0.25) is 4.79 Å². The van der Waals surface area contributed by atoms with E-state index >= 15 is 0 Å². The van der Waals surface area contributed by atoms with Gasteiger partial charge in [0.15, 0.2) is 0 Å². The summed E-state index contributed by atoms with van der Waals surface area (Å²) >= 11 is 1.76. The quantitative estimate of drug-likeness (QED) is 0.318. The molecule has 0 atom stereocenters. The molecule has 0 saturated heterocycles. The molecule has 0 unspecified atom stereocenters. The fourth-order valence-corrected chi connectivity index (χ4v) is 4.79. The third-order valence-corrected chi connectivity index (χ3v) is 6.84. The largest absolute Gasteiger partial charge is 0.507 e. The molecule has 3 nitrogen and oxygen atoms in total. The predicted octanol–water partition coefficient (Wildman–Crippen LogP) is 7.62. The number of rotatable bonds is 8. The van der Waals surface area contributed by atoms with Gasteiger partial charge in [0.2, 0.25) is 5.91 Å². The first-order valence-corrected chi connectivity index (χ1v) is 12.8. The topological polar surface area (TPSA) is 49.3 Å². The molecule has 0 heterocycles. The number of carbonyl (C=O) groups excluding carboxylic acids is 1. The lowest BCUT2D eigenvalue weighted by Crippen LogP contribution is -2.17. The molecule has 1 amide bonds. The Labute approximate surface area is 199 Å². The summed E-state index contributed by atoms with van der Waals surface area (Å²) in [6.07, 6.45) is 3.13. The molecule has 176 valence electrons. The molecular formula is C28H41NO2S. The van der Waals surface area contributed by atoms with Gasteiger partial charge in [0, 0.05) is 28.1 Å². The highest BCUT2D eigenvalue weighted by molar-refractivity contribution is 7.99. The van der Waals surface area contributed by atoms with Crippen molar-refractivity contribution in [3.05, 3.63) is 52.6 Å². The third-order valence-electron chi connectivity index (χ3n) is 5.78. The minimum Gasteiger partial charge on any atom is -0.507 e. The van der Waals surface area contributed by atoms with Crippen LogP contribution in [0.5, 0.6) is 5.75 Å². The maximum Gasteiger partial charge on any atom is 0.224 e. The van der Waals surface area contributed by atoms with Crippen molar-refractivity contribution in [2.24, 2.45) is 0 Å². The molecule has 0 aliphatic carbocycles. The van der Waals surface area contributed by atoms with Gasteiger partial charge in [-0.05, 0) is 59.1 Å². The van der Waals surface area contributed by atoms with Gasteiger partial charge in [0.1, 0.15) is 5.75 Å². The molecule has 0 bridgehead atoms. The number of hydrogen-bond donors (Lipinski definition) is 2. The Hall–Kier alpha value is -1.94. The molecule has 32 heavy (non-hydrogen) atoms. The highest BCUT2D eigenvalue weighted by Gasteiger charge is 2.26. The number of phenols is 1. The Balaban J connectivity index is 2.05. The van der Waals surface area contributed by atoms with Crippen LogP contribution in [0.25, 0.3) is 0 Å². The zero-order valence-electron chi connectivity index (χ0n) is 21.2. The highest BCUT2D eigenvalue weighted by atomic mass is 32.2. The molecule has 0 saturated carbocycles. The van der Waals surface area contributed by atoms with Gasteiger partial charge in [0.05, 0.1) is 0 Å². The molecule has 4 heteroatoms. The fraction of sp³-hybridized carbons (Fsp3) is 0.536. The van der Waals surface area contributed by atoms with Crippen molar-refractivity contribution in [2.45, 2.75) is 96.8 Å². The minimum absolute atomic E-state index is 0.0812. The summed E-state index contributed by atoms with van der Waals surface area (Å²) in [5.41, 5.74) is 5.08. The van der Waals surface area contributed by atoms with Crippen LogP contribution in [0.1, 0.15) is 90.5 Å². The summed E-state index contributed by atoms with van der Waals surface area (Å²) < 4.78 is 0. The van der Waals surface area contributed by atoms with Gasteiger partial charge in [-0.1, -0.05) is 73.6 Å². The first-order valence-electron chi connectivity index (χ1n) is 11.8. The molecule has 0 aliphatic rings. The molecule has 2 aromatic rings. The number of carbonyl (C=O) groups is 1. The first-order chi connectivity index (χ1) is 14.9. The van der Waals surface area contributed by atoms with Crippen molar-refractivity contribution in [3.63, 3.8) is 0 Å². The molecular weight excluding hydrogens is 414 g/mol. The van der Waals surface area contributed by atoms with Gasteiger partial charge in [0.25, 0.3) is 0 Å². The van der Waals surface area contributed by atoms with E-state index in [2.05, 4.69) is 91.0 Å². The zero-order valence-corrected chi connectivity index (χ0v) is 22.0. The average molecular weight is 456 g/mol. The lowest BCUT2D eigenvalue weighted by atomic mass is 9.79. The van der Waals surface area contributed by atoms with Gasteiger partial charge < -0.3 is 10.4 Å². The first kappa shape index (κ1) is 26.3. The summed E-state index contributed by atoms with van der Waals surface area (Å²) in [6.45, 7) is 17.0. The number of aryl methyl sites for hydroxylation is 2. The number of phenolic OH excluding ortho intramolecular Hbond substituents is 1. The fourth-order valence-electron chi connectivity index (χ4n) is 3.86. The molecule has 0 aromatic heterocycles. The number of hydrogen-bond acceptors (Lipinski definition) is 3. The Morgan fingerprint density at radius 2 is 1.44 bits per heavy atom. The van der Waals surface area contributed by atoms with Crippen molar-refractivity contribution in [1.29, 1.82) is 0 Å². The summed E-state index contributed by atoms with van der Waals surface area (Å²) in [6, 6.07) is 10.5. The summed E-state index contributed by atoms with van der Waals surface area (Å²) in [7, 11) is 0. The van der Waals surface area contributed by atoms with E-state index in [1.165, 1.54) is 11.1 Å². The van der Waals surface area contributed by atoms with E-state index in [0.29, 0.717) is 12.2 Å². The Morgan fingerprint density at radius 3 is 1.88 bits per heavy atom. The number of para-hydroxylation sites is 1. The van der Waals surface area contributed by atoms with Crippen molar-refractivity contribution in [1.82, 2.24) is 0 Å². The van der Waals surface area contributed by atoms with Crippen molar-refractivity contribution in [3.8, 4) is 5.75 Å². The van der Waals surface area contributed by atoms with Gasteiger partial charge in [-0.25, -0.2) is 0 Å². The molecule has 0 radical (unpaired) electrons. The van der Waals surface area contributed by atoms with E-state index in [1.807, 2.05) is 0 Å². The summed E-state index contributed by atoms with van der Waals surface area (Å²) in [5, 5.41) is 14.1. The van der Waals surface area contributed by atoms with E-state index < -0.39 is 0 Å². The van der Waals surface area contributed by atoms with Crippen LogP contribution in [0.4, 0.5) is 5.69 Å². The second-order valence-electron chi connectivity index (χ2n) is 10.5. The van der Waals surface area contributed by atoms with Gasteiger partial charge >= 0.3 is 0 Å². The number of nitrogens with one attached hydrogen (secondary N) is 1. The number of thioether (sulfide) groups is 1. The Kier molecular flexibility index (Phi) is 8.87. The van der Waals surface area contributed by atoms with Crippen LogP contribution in [0.15, 0.2) is 35.2 Å². The van der Waals surface area contributed by atoms with Crippen molar-refractivity contribution >= 4 is 23.4 Å². The highest BCUT2D eigenvalue weighted by Crippen LogP contribution is 2.41. The molecule has 0 spiro atoms. The lowest BCUT2D eigenvalue weighted by Gasteiger charge is -2.28. The van der Waals surface area contributed by atoms with Crippen molar-refractivity contribution < 1.29 is 9.90 Å². The smallest absolute Gasteiger partial charge is 0.224 e. The summed E-state index contributed by atoms with van der Waals surface area (Å²) in [4.78, 5) is 13.8. The SMILES string of the molecule is CCc1cccc(CC)c1NC(=O)CCCSc1cc(C(C)(C)C)c(O)c(C(C)(C)C)c1. The average Bonchev–Trinajstić information content (AvgIpc) is 2.70. The predicted molar refractivity (Wildman–Crippen MR) is 139 cm³/mol. The van der Waals surface area contributed by atoms with Crippen LogP contribution in [0, 0.1) is 0 Å². The van der Waals surface area contributed by atoms with Crippen molar-refractivity contribution in [2.75, 3.05) is 11.1 Å². The van der Waals surface area contributed by atoms with Crippen LogP contribution < -0.4 is 5.32 Å². The van der Waals surface area contributed by atoms with Crippen LogP contribution in [0.3, 0.4) is 0 Å². The van der Waals surface area contributed by atoms with E-state index in [9.17, 15) is 9.90 Å². The normalized spacial score (nSPS) is 12.1. The van der Waals surface area contributed by atoms with E-state index in [0.717, 1.165) is 46.7 Å². The standard InChI is InChI=1S/C28H41NO2S/c1-9-19-13-11-14-20(10-2)25(19)29-24(30)15-12-16-32-21-17-22(27(3,4)5)26(31)23(18-21)28(6,7)8/h11,13-14,17-18,31H,9-10,12,15-16H2,1-8H3,(H,29,30). The van der Waals surface area contributed by atoms with Gasteiger partial charge in [-0.2, -0.15) is 0 Å². The maximum atomic E-state index is 12.6. The number of benzene rings is 2. The van der Waals surface area contributed by atoms with Crippen LogP contribution >= 0.6 is 11.8 Å². The maximum absolute atomic E-state index is 12.6. The molecule has 2 rings (SSSR count). The van der Waals surface area contributed by atoms with Crippen LogP contribution in [-0.2, 0) is 28.5 Å². The Bertz CT molecular complexity index is 878. The van der Waals surface area contributed by atoms with Crippen LogP contribution in [-0.4, -0.2) is 16.8 Å². The lowest BCUT2D eigenvalue weighted by molar-refractivity contribution is -0.116. The number of amides is 1. The van der Waals surface area contributed by atoms with Crippen LogP contribution in [0.2, 0.25) is 0 Å². The number of aromatic hydroxyl groups is 1. The van der Waals surface area contributed by atoms with E-state index in [1.54, 1.807) is 11.8 Å². The second kappa shape index (κ2) is 10.8. The number of anilines is 1. The molecule has 0 fully saturated rings. The monoisotopic (exact) mass is 455 g/mol. The third kappa shape index (κ3) is 6.78. The molecule has 2 aromatic carbocycles. The van der Waals surface area contributed by atoms with E-state index in [4.69, 9.17) is 0 Å². The summed E-state index contributed by atoms with van der Waals surface area (Å²) in [5.74, 6) is 1.36. The zero-order chi connectivity index (χ0) is 24.1. The van der Waals surface area contributed by atoms with Gasteiger partial charge in [-0.15, -0.1) is 11.8 Å².